The number of hydrogen-bond donors (Lipinski definition) is 0. The summed E-state index contributed by atoms with van der Waals surface area (Å²) in [6.45, 7) is 5.72. The van der Waals surface area contributed by atoms with E-state index < -0.39 is 0 Å². The number of benzene rings is 2. The molecule has 3 rings (SSSR count). The van der Waals surface area contributed by atoms with Crippen molar-refractivity contribution in [3.8, 4) is 5.75 Å². The topological polar surface area (TPSA) is 21.7 Å². The molecule has 0 aliphatic carbocycles. The molecule has 25 heavy (non-hydrogen) atoms. The van der Waals surface area contributed by atoms with Crippen molar-refractivity contribution in [1.29, 1.82) is 0 Å². The number of aryl methyl sites for hydroxylation is 2. The van der Waals surface area contributed by atoms with Crippen LogP contribution in [0, 0.1) is 13.8 Å². The van der Waals surface area contributed by atoms with Crippen LogP contribution in [0.25, 0.3) is 0 Å². The average Bonchev–Trinajstić information content (AvgIpc) is 3.14. The first-order valence-corrected chi connectivity index (χ1v) is 9.20. The van der Waals surface area contributed by atoms with E-state index in [1.807, 2.05) is 30.3 Å². The Bertz CT molecular complexity index is 772. The Morgan fingerprint density at radius 1 is 0.920 bits per heavy atom. The van der Waals surface area contributed by atoms with Gasteiger partial charge in [0.25, 0.3) is 0 Å². The summed E-state index contributed by atoms with van der Waals surface area (Å²) in [5, 5.41) is 2.10. The Hall–Kier alpha value is -2.30. The third kappa shape index (κ3) is 5.08. The van der Waals surface area contributed by atoms with Gasteiger partial charge >= 0.3 is 0 Å². The van der Waals surface area contributed by atoms with Gasteiger partial charge in [-0.25, -0.2) is 0 Å². The minimum Gasteiger partial charge on any atom is -0.467 e. The fourth-order valence-corrected chi connectivity index (χ4v) is 3.22. The van der Waals surface area contributed by atoms with E-state index in [0.29, 0.717) is 6.73 Å². The molecule has 0 aliphatic rings. The monoisotopic (exact) mass is 353 g/mol. The molecule has 0 spiro atoms. The lowest BCUT2D eigenvalue weighted by Crippen LogP contribution is -2.26. The van der Waals surface area contributed by atoms with Crippen LogP contribution in [0.2, 0.25) is 0 Å². The molecule has 0 saturated heterocycles. The average molecular weight is 353 g/mol. The summed E-state index contributed by atoms with van der Waals surface area (Å²) in [5.41, 5.74) is 3.63. The maximum absolute atomic E-state index is 5.78. The lowest BCUT2D eigenvalue weighted by molar-refractivity contribution is 0.0152. The summed E-state index contributed by atoms with van der Waals surface area (Å²) in [6.07, 6.45) is 0. The highest BCUT2D eigenvalue weighted by Gasteiger charge is 2.08. The Morgan fingerprint density at radius 3 is 2.48 bits per heavy atom. The lowest BCUT2D eigenvalue weighted by Gasteiger charge is -2.24. The van der Waals surface area contributed by atoms with Crippen molar-refractivity contribution in [2.24, 2.45) is 0 Å². The van der Waals surface area contributed by atoms with Gasteiger partial charge in [0.1, 0.15) is 12.5 Å². The first-order chi connectivity index (χ1) is 12.2. The fraction of sp³-hybridized carbons (Fsp3) is 0.238. The highest BCUT2D eigenvalue weighted by Crippen LogP contribution is 2.20. The van der Waals surface area contributed by atoms with Crippen LogP contribution in [-0.2, 0) is 11.3 Å². The summed E-state index contributed by atoms with van der Waals surface area (Å²) in [7, 11) is 0. The van der Waals surface area contributed by atoms with Crippen LogP contribution in [-0.4, -0.2) is 13.5 Å². The van der Waals surface area contributed by atoms with Gasteiger partial charge in [0.2, 0.25) is 0 Å². The zero-order valence-electron chi connectivity index (χ0n) is 14.6. The van der Waals surface area contributed by atoms with E-state index in [0.717, 1.165) is 18.0 Å². The summed E-state index contributed by atoms with van der Waals surface area (Å²) in [6, 6.07) is 20.6. The second-order valence-electron chi connectivity index (χ2n) is 5.95. The third-order valence-corrected chi connectivity index (χ3v) is 4.94. The molecule has 130 valence electrons. The molecule has 0 saturated carbocycles. The second-order valence-corrected chi connectivity index (χ2v) is 6.99. The van der Waals surface area contributed by atoms with Crippen LogP contribution in [0.3, 0.4) is 0 Å². The van der Waals surface area contributed by atoms with E-state index >= 15 is 0 Å². The molecule has 1 heterocycles. The van der Waals surface area contributed by atoms with Gasteiger partial charge < -0.3 is 14.4 Å². The number of ether oxygens (including phenoxy) is 2. The molecule has 4 heteroatoms. The van der Waals surface area contributed by atoms with Crippen LogP contribution >= 0.6 is 11.3 Å². The quantitative estimate of drug-likeness (QED) is 0.401. The first-order valence-electron chi connectivity index (χ1n) is 8.32. The first kappa shape index (κ1) is 17.5. The number of thiophene rings is 1. The van der Waals surface area contributed by atoms with Crippen LogP contribution in [0.4, 0.5) is 5.69 Å². The molecule has 0 unspecified atom stereocenters. The molecule has 0 atom stereocenters. The van der Waals surface area contributed by atoms with Crippen LogP contribution in [0.15, 0.2) is 66.0 Å². The van der Waals surface area contributed by atoms with Gasteiger partial charge in [0, 0.05) is 10.6 Å². The molecule has 1 aromatic heterocycles. The predicted octanol–water partition coefficient (Wildman–Crippen LogP) is 5.38. The van der Waals surface area contributed by atoms with Crippen molar-refractivity contribution in [1.82, 2.24) is 0 Å². The minimum absolute atomic E-state index is 0.232. The van der Waals surface area contributed by atoms with Gasteiger partial charge in [0.05, 0.1) is 6.54 Å². The van der Waals surface area contributed by atoms with E-state index in [-0.39, 0.29) is 6.79 Å². The van der Waals surface area contributed by atoms with Gasteiger partial charge in [-0.15, -0.1) is 11.3 Å². The number of hydrogen-bond acceptors (Lipinski definition) is 4. The molecule has 3 nitrogen and oxygen atoms in total. The fourth-order valence-electron chi connectivity index (χ4n) is 2.50. The Morgan fingerprint density at radius 2 is 1.76 bits per heavy atom. The van der Waals surface area contributed by atoms with Gasteiger partial charge in [-0.05, 0) is 60.7 Å². The molecular formula is C21H23NO2S. The summed E-state index contributed by atoms with van der Waals surface area (Å²) in [4.78, 5) is 3.51. The lowest BCUT2D eigenvalue weighted by atomic mass is 10.1. The number of rotatable bonds is 8. The zero-order chi connectivity index (χ0) is 17.5. The highest BCUT2D eigenvalue weighted by molar-refractivity contribution is 7.09. The van der Waals surface area contributed by atoms with Crippen LogP contribution < -0.4 is 9.64 Å². The summed E-state index contributed by atoms with van der Waals surface area (Å²) in [5.74, 6) is 0.840. The van der Waals surface area contributed by atoms with Crippen molar-refractivity contribution in [3.05, 3.63) is 82.0 Å². The van der Waals surface area contributed by atoms with Crippen molar-refractivity contribution in [2.45, 2.75) is 20.4 Å². The highest BCUT2D eigenvalue weighted by atomic mass is 32.1. The van der Waals surface area contributed by atoms with Gasteiger partial charge in [0.15, 0.2) is 6.79 Å². The molecule has 0 fully saturated rings. The van der Waals surface area contributed by atoms with E-state index in [9.17, 15) is 0 Å². The van der Waals surface area contributed by atoms with Crippen molar-refractivity contribution < 1.29 is 9.47 Å². The zero-order valence-corrected chi connectivity index (χ0v) is 15.5. The Balaban J connectivity index is 1.56. The van der Waals surface area contributed by atoms with Crippen molar-refractivity contribution in [3.63, 3.8) is 0 Å². The standard InChI is InChI=1S/C21H23NO2S/c1-17-10-11-20(13-18(17)2)24-16-23-15-22(14-21-9-6-12-25-21)19-7-4-3-5-8-19/h3-13H,14-16H2,1-2H3. The van der Waals surface area contributed by atoms with Gasteiger partial charge in [-0.3, -0.25) is 0 Å². The van der Waals surface area contributed by atoms with Crippen LogP contribution in [0.5, 0.6) is 5.75 Å². The van der Waals surface area contributed by atoms with Crippen molar-refractivity contribution in [2.75, 3.05) is 18.4 Å². The van der Waals surface area contributed by atoms with E-state index in [2.05, 4.69) is 54.5 Å². The molecule has 0 radical (unpaired) electrons. The molecular weight excluding hydrogens is 330 g/mol. The van der Waals surface area contributed by atoms with E-state index in [1.54, 1.807) is 11.3 Å². The number of anilines is 1. The SMILES string of the molecule is Cc1ccc(OCOCN(Cc2cccs2)c2ccccc2)cc1C. The molecule has 0 bridgehead atoms. The summed E-state index contributed by atoms with van der Waals surface area (Å²) < 4.78 is 11.5. The Kier molecular flexibility index (Phi) is 6.09. The third-order valence-electron chi connectivity index (χ3n) is 4.08. The largest absolute Gasteiger partial charge is 0.467 e. The molecule has 3 aromatic rings. The second kappa shape index (κ2) is 8.70. The van der Waals surface area contributed by atoms with E-state index in [4.69, 9.17) is 9.47 Å². The van der Waals surface area contributed by atoms with E-state index in [1.165, 1.54) is 16.0 Å². The number of nitrogens with zero attached hydrogens (tertiary/aromatic N) is 1. The minimum atomic E-state index is 0.232. The maximum Gasteiger partial charge on any atom is 0.191 e. The maximum atomic E-state index is 5.78. The molecule has 0 amide bonds. The molecule has 2 aromatic carbocycles. The van der Waals surface area contributed by atoms with Crippen molar-refractivity contribution >= 4 is 17.0 Å². The predicted molar refractivity (Wildman–Crippen MR) is 104 cm³/mol. The van der Waals surface area contributed by atoms with Gasteiger partial charge in [-0.2, -0.15) is 0 Å². The van der Waals surface area contributed by atoms with Gasteiger partial charge in [-0.1, -0.05) is 30.3 Å². The molecule has 0 N–H and O–H groups in total. The molecule has 0 aliphatic heterocycles. The number of para-hydroxylation sites is 1. The summed E-state index contributed by atoms with van der Waals surface area (Å²) >= 11 is 1.76. The smallest absolute Gasteiger partial charge is 0.191 e. The Labute approximate surface area is 153 Å². The van der Waals surface area contributed by atoms with Crippen LogP contribution in [0.1, 0.15) is 16.0 Å². The normalized spacial score (nSPS) is 10.6.